The van der Waals surface area contributed by atoms with Crippen molar-refractivity contribution in [2.45, 2.75) is 44.0 Å². The highest BCUT2D eigenvalue weighted by Gasteiger charge is 2.27. The van der Waals surface area contributed by atoms with E-state index >= 15 is 0 Å². The number of piperidine rings is 1. The molecular formula is C11H21BrN2O. The fraction of sp³-hybridized carbons (Fsp3) is 0.909. The summed E-state index contributed by atoms with van der Waals surface area (Å²) in [5.74, 6) is 0.0949. The van der Waals surface area contributed by atoms with E-state index in [0.29, 0.717) is 6.04 Å². The third kappa shape index (κ3) is 4.11. The normalized spacial score (nSPS) is 20.3. The number of rotatable bonds is 3. The van der Waals surface area contributed by atoms with Gasteiger partial charge in [-0.05, 0) is 33.2 Å². The lowest BCUT2D eigenvalue weighted by atomic mass is 10.0. The Bertz CT molecular complexity index is 217. The van der Waals surface area contributed by atoms with Gasteiger partial charge < -0.3 is 10.2 Å². The molecular weight excluding hydrogens is 256 g/mol. The van der Waals surface area contributed by atoms with Crippen molar-refractivity contribution in [3.05, 3.63) is 0 Å². The molecule has 1 amide bonds. The van der Waals surface area contributed by atoms with Gasteiger partial charge >= 0.3 is 0 Å². The van der Waals surface area contributed by atoms with E-state index in [0.717, 1.165) is 32.5 Å². The van der Waals surface area contributed by atoms with Gasteiger partial charge in [0, 0.05) is 19.1 Å². The van der Waals surface area contributed by atoms with Crippen molar-refractivity contribution in [1.82, 2.24) is 10.2 Å². The number of amides is 1. The second kappa shape index (κ2) is 5.30. The summed E-state index contributed by atoms with van der Waals surface area (Å²) in [6, 6.07) is 0.358. The Balaban J connectivity index is 2.33. The van der Waals surface area contributed by atoms with Crippen LogP contribution in [0.1, 0.15) is 33.6 Å². The van der Waals surface area contributed by atoms with Crippen molar-refractivity contribution in [3.8, 4) is 0 Å². The number of likely N-dealkylation sites (tertiary alicyclic amines) is 1. The zero-order valence-electron chi connectivity index (χ0n) is 9.85. The van der Waals surface area contributed by atoms with Gasteiger partial charge in [-0.3, -0.25) is 4.79 Å². The van der Waals surface area contributed by atoms with Crippen LogP contribution < -0.4 is 5.32 Å². The average Bonchev–Trinajstić information content (AvgIpc) is 2.17. The lowest BCUT2D eigenvalue weighted by Crippen LogP contribution is -2.48. The Morgan fingerprint density at radius 2 is 2.00 bits per heavy atom. The minimum atomic E-state index is -0.450. The summed E-state index contributed by atoms with van der Waals surface area (Å²) in [4.78, 5) is 14.1. The summed E-state index contributed by atoms with van der Waals surface area (Å²) < 4.78 is -0.450. The molecule has 1 aliphatic rings. The van der Waals surface area contributed by atoms with Crippen LogP contribution in [-0.4, -0.2) is 40.8 Å². The molecule has 3 nitrogen and oxygen atoms in total. The van der Waals surface area contributed by atoms with Crippen LogP contribution in [0.25, 0.3) is 0 Å². The molecule has 0 atom stereocenters. The molecule has 0 bridgehead atoms. The first-order valence-electron chi connectivity index (χ1n) is 5.65. The molecule has 1 fully saturated rings. The Morgan fingerprint density at radius 3 is 2.40 bits per heavy atom. The second-order valence-corrected chi connectivity index (χ2v) is 6.64. The van der Waals surface area contributed by atoms with Crippen molar-refractivity contribution >= 4 is 21.8 Å². The molecule has 4 heteroatoms. The maximum atomic E-state index is 11.7. The van der Waals surface area contributed by atoms with Crippen LogP contribution in [0.15, 0.2) is 0 Å². The van der Waals surface area contributed by atoms with Gasteiger partial charge in [-0.2, -0.15) is 0 Å². The van der Waals surface area contributed by atoms with Gasteiger partial charge in [-0.15, -0.1) is 0 Å². The molecule has 1 saturated heterocycles. The van der Waals surface area contributed by atoms with E-state index in [1.54, 1.807) is 0 Å². The number of nitrogens with zero attached hydrogens (tertiary/aromatic N) is 1. The zero-order chi connectivity index (χ0) is 11.5. The quantitative estimate of drug-likeness (QED) is 0.797. The number of halogens is 1. The molecule has 1 aliphatic heterocycles. The molecule has 0 aromatic heterocycles. The topological polar surface area (TPSA) is 32.3 Å². The summed E-state index contributed by atoms with van der Waals surface area (Å²) in [5, 5.41) is 3.09. The minimum Gasteiger partial charge on any atom is -0.352 e. The first kappa shape index (κ1) is 13.0. The van der Waals surface area contributed by atoms with Crippen LogP contribution in [-0.2, 0) is 4.79 Å². The van der Waals surface area contributed by atoms with E-state index in [2.05, 4.69) is 33.1 Å². The molecule has 0 aromatic rings. The third-order valence-electron chi connectivity index (χ3n) is 2.91. The number of nitrogens with one attached hydrogen (secondary N) is 1. The monoisotopic (exact) mass is 276 g/mol. The Labute approximate surface area is 101 Å². The lowest BCUT2D eigenvalue weighted by Gasteiger charge is -2.32. The SMILES string of the molecule is CCN1CCC(NC(=O)C(C)(C)Br)CC1. The summed E-state index contributed by atoms with van der Waals surface area (Å²) in [7, 11) is 0. The van der Waals surface area contributed by atoms with E-state index < -0.39 is 4.32 Å². The summed E-state index contributed by atoms with van der Waals surface area (Å²) in [6.07, 6.45) is 2.14. The standard InChI is InChI=1S/C11H21BrN2O/c1-4-14-7-5-9(6-8-14)13-10(15)11(2,3)12/h9H,4-8H2,1-3H3,(H,13,15). The van der Waals surface area contributed by atoms with Crippen molar-refractivity contribution in [3.63, 3.8) is 0 Å². The van der Waals surface area contributed by atoms with Gasteiger partial charge in [0.25, 0.3) is 0 Å². The maximum Gasteiger partial charge on any atom is 0.236 e. The van der Waals surface area contributed by atoms with E-state index in [4.69, 9.17) is 0 Å². The molecule has 0 unspecified atom stereocenters. The highest BCUT2D eigenvalue weighted by atomic mass is 79.9. The fourth-order valence-corrected chi connectivity index (χ4v) is 1.86. The summed E-state index contributed by atoms with van der Waals surface area (Å²) in [6.45, 7) is 9.26. The lowest BCUT2D eigenvalue weighted by molar-refractivity contribution is -0.123. The third-order valence-corrected chi connectivity index (χ3v) is 3.27. The van der Waals surface area contributed by atoms with Crippen molar-refractivity contribution in [2.75, 3.05) is 19.6 Å². The largest absolute Gasteiger partial charge is 0.352 e. The molecule has 0 saturated carbocycles. The molecule has 15 heavy (non-hydrogen) atoms. The van der Waals surface area contributed by atoms with Gasteiger partial charge in [-0.25, -0.2) is 0 Å². The highest BCUT2D eigenvalue weighted by molar-refractivity contribution is 9.10. The molecule has 0 aromatic carbocycles. The molecule has 1 heterocycles. The predicted octanol–water partition coefficient (Wildman–Crippen LogP) is 1.76. The number of hydrogen-bond donors (Lipinski definition) is 1. The Hall–Kier alpha value is -0.0900. The number of hydrogen-bond acceptors (Lipinski definition) is 2. The van der Waals surface area contributed by atoms with Crippen molar-refractivity contribution in [2.24, 2.45) is 0 Å². The smallest absolute Gasteiger partial charge is 0.236 e. The van der Waals surface area contributed by atoms with Gasteiger partial charge in [0.1, 0.15) is 0 Å². The molecule has 1 rings (SSSR count). The second-order valence-electron chi connectivity index (χ2n) is 4.65. The fourth-order valence-electron chi connectivity index (χ4n) is 1.75. The number of carbonyl (C=O) groups is 1. The van der Waals surface area contributed by atoms with E-state index in [9.17, 15) is 4.79 Å². The van der Waals surface area contributed by atoms with Crippen LogP contribution in [0.2, 0.25) is 0 Å². The Morgan fingerprint density at radius 1 is 1.47 bits per heavy atom. The minimum absolute atomic E-state index is 0.0949. The molecule has 0 spiro atoms. The Kier molecular flexibility index (Phi) is 4.59. The van der Waals surface area contributed by atoms with Gasteiger partial charge in [0.2, 0.25) is 5.91 Å². The number of carbonyl (C=O) groups excluding carboxylic acids is 1. The van der Waals surface area contributed by atoms with Crippen LogP contribution in [0.4, 0.5) is 0 Å². The zero-order valence-corrected chi connectivity index (χ0v) is 11.4. The summed E-state index contributed by atoms with van der Waals surface area (Å²) >= 11 is 3.37. The first-order valence-corrected chi connectivity index (χ1v) is 6.45. The van der Waals surface area contributed by atoms with Gasteiger partial charge in [0.05, 0.1) is 4.32 Å². The van der Waals surface area contributed by atoms with Crippen molar-refractivity contribution < 1.29 is 4.79 Å². The maximum absolute atomic E-state index is 11.7. The van der Waals surface area contributed by atoms with Gasteiger partial charge in [-0.1, -0.05) is 22.9 Å². The van der Waals surface area contributed by atoms with Gasteiger partial charge in [0.15, 0.2) is 0 Å². The predicted molar refractivity (Wildman–Crippen MR) is 66.3 cm³/mol. The molecule has 88 valence electrons. The first-order chi connectivity index (χ1) is 6.93. The van der Waals surface area contributed by atoms with E-state index in [1.165, 1.54) is 0 Å². The van der Waals surface area contributed by atoms with E-state index in [1.807, 2.05) is 13.8 Å². The molecule has 1 N–H and O–H groups in total. The molecule has 0 aliphatic carbocycles. The van der Waals surface area contributed by atoms with Crippen LogP contribution >= 0.6 is 15.9 Å². The number of alkyl halides is 1. The van der Waals surface area contributed by atoms with E-state index in [-0.39, 0.29) is 5.91 Å². The van der Waals surface area contributed by atoms with Crippen LogP contribution in [0.3, 0.4) is 0 Å². The highest BCUT2D eigenvalue weighted by Crippen LogP contribution is 2.17. The van der Waals surface area contributed by atoms with Crippen LogP contribution in [0.5, 0.6) is 0 Å². The summed E-state index contributed by atoms with van der Waals surface area (Å²) in [5.41, 5.74) is 0. The average molecular weight is 277 g/mol. The molecule has 0 radical (unpaired) electrons. The van der Waals surface area contributed by atoms with Crippen LogP contribution in [0, 0.1) is 0 Å². The van der Waals surface area contributed by atoms with Crippen molar-refractivity contribution in [1.29, 1.82) is 0 Å².